The Morgan fingerprint density at radius 2 is 1.97 bits per heavy atom. The van der Waals surface area contributed by atoms with Gasteiger partial charge in [0.2, 0.25) is 5.91 Å². The highest BCUT2D eigenvalue weighted by Gasteiger charge is 2.32. The number of allylic oxidation sites excluding steroid dienone is 9. The molecular weight excluding hydrogens is 444 g/mol. The van der Waals surface area contributed by atoms with E-state index in [1.807, 2.05) is 43.9 Å². The number of imidazole rings is 1. The van der Waals surface area contributed by atoms with Crippen molar-refractivity contribution in [2.24, 2.45) is 5.41 Å². The molecule has 0 fully saturated rings. The van der Waals surface area contributed by atoms with Gasteiger partial charge in [-0.05, 0) is 67.9 Å². The molecule has 3 rings (SSSR count). The van der Waals surface area contributed by atoms with Crippen LogP contribution in [0.1, 0.15) is 53.5 Å². The maximum absolute atomic E-state index is 13.7. The van der Waals surface area contributed by atoms with Gasteiger partial charge in [0.15, 0.2) is 0 Å². The van der Waals surface area contributed by atoms with Gasteiger partial charge in [0.05, 0.1) is 18.1 Å². The summed E-state index contributed by atoms with van der Waals surface area (Å²) in [6, 6.07) is 3.36. The molecule has 0 aliphatic heterocycles. The molecule has 1 aromatic heterocycles. The first-order valence-electron chi connectivity index (χ1n) is 11.7. The Balaban J connectivity index is 1.66. The molecule has 6 heteroatoms. The summed E-state index contributed by atoms with van der Waals surface area (Å²) in [5.74, 6) is -1.98. The largest absolute Gasteiger partial charge is 0.330 e. The number of hydrogen-bond donors (Lipinski definition) is 1. The highest BCUT2D eigenvalue weighted by molar-refractivity contribution is 6.00. The van der Waals surface area contributed by atoms with Crippen LogP contribution in [0.3, 0.4) is 0 Å². The molecule has 184 valence electrons. The third-order valence-corrected chi connectivity index (χ3v) is 6.36. The molecule has 35 heavy (non-hydrogen) atoms. The Labute approximate surface area is 206 Å². The van der Waals surface area contributed by atoms with Gasteiger partial charge < -0.3 is 9.88 Å². The Morgan fingerprint density at radius 3 is 2.66 bits per heavy atom. The number of anilines is 1. The molecule has 0 bridgehead atoms. The second-order valence-electron chi connectivity index (χ2n) is 9.65. The van der Waals surface area contributed by atoms with E-state index in [1.54, 1.807) is 6.92 Å². The molecule has 0 saturated heterocycles. The van der Waals surface area contributed by atoms with Crippen molar-refractivity contribution in [1.82, 2.24) is 9.55 Å². The second kappa shape index (κ2) is 11.3. The predicted molar refractivity (Wildman–Crippen MR) is 138 cm³/mol. The van der Waals surface area contributed by atoms with Gasteiger partial charge in [0.1, 0.15) is 11.6 Å². The molecule has 1 aromatic carbocycles. The van der Waals surface area contributed by atoms with E-state index >= 15 is 0 Å². The lowest BCUT2D eigenvalue weighted by Gasteiger charge is -2.37. The average Bonchev–Trinajstić information content (AvgIpc) is 3.29. The first kappa shape index (κ1) is 26.1. The first-order valence-corrected chi connectivity index (χ1v) is 11.7. The lowest BCUT2D eigenvalue weighted by atomic mass is 9.71. The molecule has 0 spiro atoms. The highest BCUT2D eigenvalue weighted by atomic mass is 19.1. The summed E-state index contributed by atoms with van der Waals surface area (Å²) in [6.45, 7) is 10.6. The molecule has 1 atom stereocenters. The van der Waals surface area contributed by atoms with E-state index in [4.69, 9.17) is 0 Å². The fourth-order valence-corrected chi connectivity index (χ4v) is 4.38. The van der Waals surface area contributed by atoms with Gasteiger partial charge in [0, 0.05) is 24.5 Å². The summed E-state index contributed by atoms with van der Waals surface area (Å²) < 4.78 is 28.9. The van der Waals surface area contributed by atoms with Crippen LogP contribution in [-0.4, -0.2) is 15.5 Å². The number of carbonyl (C=O) groups excluding carboxylic acids is 1. The molecule has 0 radical (unpaired) electrons. The number of aromatic nitrogens is 2. The molecule has 1 N–H and O–H groups in total. The number of halogens is 2. The van der Waals surface area contributed by atoms with Gasteiger partial charge in [-0.15, -0.1) is 0 Å². The Hall–Kier alpha value is -3.54. The molecule has 1 heterocycles. The minimum atomic E-state index is -0.812. The molecule has 1 amide bonds. The molecule has 4 nitrogen and oxygen atoms in total. The van der Waals surface area contributed by atoms with Crippen LogP contribution in [-0.2, 0) is 4.79 Å². The van der Waals surface area contributed by atoms with Gasteiger partial charge >= 0.3 is 0 Å². The number of carbonyl (C=O) groups is 1. The molecule has 1 aliphatic carbocycles. The zero-order valence-corrected chi connectivity index (χ0v) is 21.0. The van der Waals surface area contributed by atoms with Crippen LogP contribution in [0.2, 0.25) is 0 Å². The quantitative estimate of drug-likeness (QED) is 0.332. The fraction of sp³-hybridized carbons (Fsp3) is 0.310. The van der Waals surface area contributed by atoms with Gasteiger partial charge in [-0.1, -0.05) is 49.8 Å². The monoisotopic (exact) mass is 477 g/mol. The summed E-state index contributed by atoms with van der Waals surface area (Å²) in [4.78, 5) is 16.3. The van der Waals surface area contributed by atoms with Crippen molar-refractivity contribution in [2.45, 2.75) is 53.5 Å². The van der Waals surface area contributed by atoms with Crippen molar-refractivity contribution < 1.29 is 13.6 Å². The lowest BCUT2D eigenvalue weighted by Crippen LogP contribution is -2.25. The van der Waals surface area contributed by atoms with Crippen LogP contribution in [0, 0.1) is 17.0 Å². The maximum Gasteiger partial charge on any atom is 0.248 e. The maximum atomic E-state index is 13.7. The van der Waals surface area contributed by atoms with Crippen LogP contribution in [0.4, 0.5) is 14.5 Å². The van der Waals surface area contributed by atoms with Crippen LogP contribution in [0.5, 0.6) is 0 Å². The minimum absolute atomic E-state index is 0.0594. The number of rotatable bonds is 7. The van der Waals surface area contributed by atoms with Crippen molar-refractivity contribution in [3.05, 3.63) is 107 Å². The van der Waals surface area contributed by atoms with E-state index in [1.165, 1.54) is 23.3 Å². The fourth-order valence-electron chi connectivity index (χ4n) is 4.38. The van der Waals surface area contributed by atoms with Crippen molar-refractivity contribution in [1.29, 1.82) is 0 Å². The van der Waals surface area contributed by atoms with Gasteiger partial charge in [-0.3, -0.25) is 4.79 Å². The SMILES string of the molecule is CC(C=CC1=C(C)C(n2ccnc2)CCC1(C)C)=CC=CC(C)=CC(=O)Nc1ccc(F)cc1F. The Kier molecular flexibility index (Phi) is 8.39. The van der Waals surface area contributed by atoms with Crippen LogP contribution in [0.25, 0.3) is 0 Å². The van der Waals surface area contributed by atoms with Crippen molar-refractivity contribution in [3.8, 4) is 0 Å². The Bertz CT molecular complexity index is 1210. The molecular formula is C29H33F2N3O. The van der Waals surface area contributed by atoms with Crippen molar-refractivity contribution in [2.75, 3.05) is 5.32 Å². The zero-order chi connectivity index (χ0) is 25.6. The molecule has 1 aliphatic rings. The zero-order valence-electron chi connectivity index (χ0n) is 21.0. The van der Waals surface area contributed by atoms with E-state index in [2.05, 4.69) is 47.8 Å². The van der Waals surface area contributed by atoms with E-state index in [0.29, 0.717) is 11.6 Å². The standard InChI is InChI=1S/C29H33F2N3O/c1-20(7-6-8-21(2)17-28(35)33-26-12-10-23(30)18-25(26)31)9-11-24-22(3)27(13-14-29(24,4)5)34-16-15-32-19-34/h6-12,15-19,27H,13-14H2,1-5H3,(H,33,35). The van der Waals surface area contributed by atoms with E-state index in [0.717, 1.165) is 30.5 Å². The van der Waals surface area contributed by atoms with Crippen LogP contribution < -0.4 is 5.32 Å². The van der Waals surface area contributed by atoms with Crippen LogP contribution >= 0.6 is 0 Å². The summed E-state index contributed by atoms with van der Waals surface area (Å²) in [5, 5.41) is 2.42. The number of nitrogens with zero attached hydrogens (tertiary/aromatic N) is 2. The van der Waals surface area contributed by atoms with E-state index in [9.17, 15) is 13.6 Å². The van der Waals surface area contributed by atoms with Crippen molar-refractivity contribution >= 4 is 11.6 Å². The predicted octanol–water partition coefficient (Wildman–Crippen LogP) is 7.48. The second-order valence-corrected chi connectivity index (χ2v) is 9.65. The summed E-state index contributed by atoms with van der Waals surface area (Å²) in [7, 11) is 0. The number of amides is 1. The molecule has 0 saturated carbocycles. The summed E-state index contributed by atoms with van der Waals surface area (Å²) >= 11 is 0. The number of nitrogens with one attached hydrogen (secondary N) is 1. The van der Waals surface area contributed by atoms with Crippen LogP contribution in [0.15, 0.2) is 95.7 Å². The number of hydrogen-bond acceptors (Lipinski definition) is 2. The normalized spacial score (nSPS) is 19.1. The smallest absolute Gasteiger partial charge is 0.248 e. The van der Waals surface area contributed by atoms with Gasteiger partial charge in [-0.25, -0.2) is 13.8 Å². The molecule has 2 aromatic rings. The van der Waals surface area contributed by atoms with Gasteiger partial charge in [-0.2, -0.15) is 0 Å². The third kappa shape index (κ3) is 6.98. The van der Waals surface area contributed by atoms with Gasteiger partial charge in [0.25, 0.3) is 0 Å². The average molecular weight is 478 g/mol. The molecule has 1 unspecified atom stereocenters. The van der Waals surface area contributed by atoms with E-state index < -0.39 is 17.5 Å². The summed E-state index contributed by atoms with van der Waals surface area (Å²) in [6.07, 6.45) is 19.3. The number of benzene rings is 1. The summed E-state index contributed by atoms with van der Waals surface area (Å²) in [5.41, 5.74) is 4.53. The van der Waals surface area contributed by atoms with Crippen molar-refractivity contribution in [3.63, 3.8) is 0 Å². The Morgan fingerprint density at radius 1 is 1.20 bits per heavy atom. The topological polar surface area (TPSA) is 46.9 Å². The van der Waals surface area contributed by atoms with E-state index in [-0.39, 0.29) is 11.1 Å². The lowest BCUT2D eigenvalue weighted by molar-refractivity contribution is -0.112. The highest BCUT2D eigenvalue weighted by Crippen LogP contribution is 2.45. The minimum Gasteiger partial charge on any atom is -0.330 e. The third-order valence-electron chi connectivity index (χ3n) is 6.36. The first-order chi connectivity index (χ1) is 16.6.